The van der Waals surface area contributed by atoms with Gasteiger partial charge in [-0.3, -0.25) is 0 Å². The summed E-state index contributed by atoms with van der Waals surface area (Å²) in [5, 5.41) is 10.2. The van der Waals surface area contributed by atoms with Crippen LogP contribution in [0.4, 0.5) is 0 Å². The maximum absolute atomic E-state index is 9.54. The topological polar surface area (TPSA) is 33.0 Å². The fraction of sp³-hybridized carbons (Fsp3) is 0.316. The molecule has 0 fully saturated rings. The third-order valence-electron chi connectivity index (χ3n) is 3.80. The molecule has 114 valence electrons. The summed E-state index contributed by atoms with van der Waals surface area (Å²) in [5.74, 6) is 1.03. The first-order chi connectivity index (χ1) is 10.5. The van der Waals surface area contributed by atoms with Crippen LogP contribution in [0.2, 0.25) is 5.02 Å². The summed E-state index contributed by atoms with van der Waals surface area (Å²) in [4.78, 5) is 0. The molecule has 0 saturated carbocycles. The van der Waals surface area contributed by atoms with Crippen molar-refractivity contribution in [3.63, 3.8) is 0 Å². The van der Waals surface area contributed by atoms with E-state index in [-0.39, 0.29) is 5.92 Å². The van der Waals surface area contributed by atoms with Crippen LogP contribution in [0.25, 0.3) is 0 Å². The number of halogens is 1. The number of hydrogen-bond acceptors (Lipinski definition) is 2. The van der Waals surface area contributed by atoms with Gasteiger partial charge in [-0.15, -0.1) is 0 Å². The molecule has 1 unspecified atom stereocenters. The van der Waals surface area contributed by atoms with Gasteiger partial charge in [0.25, 0.3) is 0 Å². The van der Waals surface area contributed by atoms with Crippen molar-refractivity contribution in [3.05, 3.63) is 64.2 Å². The molecule has 0 aromatic heterocycles. The molecule has 0 saturated heterocycles. The molecule has 0 heterocycles. The third-order valence-corrected chi connectivity index (χ3v) is 4.04. The lowest BCUT2D eigenvalue weighted by molar-refractivity contribution is 0.408. The quantitative estimate of drug-likeness (QED) is 0.748. The van der Waals surface area contributed by atoms with Gasteiger partial charge in [0, 0.05) is 5.02 Å². The van der Waals surface area contributed by atoms with Gasteiger partial charge in [-0.05, 0) is 47.2 Å². The molecule has 2 nitrogen and oxygen atoms in total. The van der Waals surface area contributed by atoms with Gasteiger partial charge in [0.2, 0.25) is 0 Å². The first kappa shape index (κ1) is 16.4. The monoisotopic (exact) mass is 313 g/mol. The smallest absolute Gasteiger partial charge is 0.122 e. The number of ether oxygens (including phenoxy) is 1. The minimum absolute atomic E-state index is 0.241. The van der Waals surface area contributed by atoms with Crippen molar-refractivity contribution in [1.82, 2.24) is 0 Å². The van der Waals surface area contributed by atoms with Gasteiger partial charge in [0.1, 0.15) is 5.75 Å². The average Bonchev–Trinajstić information content (AvgIpc) is 2.52. The Kier molecular flexibility index (Phi) is 5.46. The summed E-state index contributed by atoms with van der Waals surface area (Å²) in [6.07, 6.45) is 0.612. The van der Waals surface area contributed by atoms with E-state index in [9.17, 15) is 5.26 Å². The Labute approximate surface area is 137 Å². The number of benzene rings is 2. The van der Waals surface area contributed by atoms with Crippen LogP contribution in [0, 0.1) is 11.3 Å². The van der Waals surface area contributed by atoms with Crippen LogP contribution in [-0.4, -0.2) is 7.11 Å². The van der Waals surface area contributed by atoms with Crippen molar-refractivity contribution in [2.24, 2.45) is 0 Å². The van der Waals surface area contributed by atoms with Gasteiger partial charge in [-0.2, -0.15) is 5.26 Å². The van der Waals surface area contributed by atoms with Crippen LogP contribution in [0.1, 0.15) is 42.4 Å². The van der Waals surface area contributed by atoms with Gasteiger partial charge < -0.3 is 4.74 Å². The summed E-state index contributed by atoms with van der Waals surface area (Å²) in [7, 11) is 1.66. The maximum atomic E-state index is 9.54. The molecular weight excluding hydrogens is 294 g/mol. The Morgan fingerprint density at radius 2 is 1.91 bits per heavy atom. The number of hydrogen-bond donors (Lipinski definition) is 0. The van der Waals surface area contributed by atoms with Gasteiger partial charge in [0.15, 0.2) is 0 Å². The molecule has 0 amide bonds. The highest BCUT2D eigenvalue weighted by atomic mass is 35.5. The molecule has 0 aliphatic heterocycles. The molecular formula is C19H20ClNO. The molecule has 3 heteroatoms. The van der Waals surface area contributed by atoms with E-state index in [0.717, 1.165) is 16.9 Å². The highest BCUT2D eigenvalue weighted by molar-refractivity contribution is 6.30. The van der Waals surface area contributed by atoms with E-state index < -0.39 is 0 Å². The zero-order valence-electron chi connectivity index (χ0n) is 13.1. The molecule has 2 aromatic rings. The molecule has 0 bridgehead atoms. The maximum Gasteiger partial charge on any atom is 0.122 e. The fourth-order valence-corrected chi connectivity index (χ4v) is 2.70. The van der Waals surface area contributed by atoms with Crippen molar-refractivity contribution in [2.45, 2.75) is 32.1 Å². The molecule has 0 radical (unpaired) electrons. The lowest BCUT2D eigenvalue weighted by atomic mass is 9.90. The summed E-state index contributed by atoms with van der Waals surface area (Å²) in [6, 6.07) is 16.1. The van der Waals surface area contributed by atoms with Gasteiger partial charge in [0.05, 0.1) is 19.1 Å². The summed E-state index contributed by atoms with van der Waals surface area (Å²) in [6.45, 7) is 4.31. The second-order valence-corrected chi connectivity index (χ2v) is 6.10. The van der Waals surface area contributed by atoms with Crippen molar-refractivity contribution in [1.29, 1.82) is 5.26 Å². The van der Waals surface area contributed by atoms with E-state index in [0.29, 0.717) is 17.4 Å². The largest absolute Gasteiger partial charge is 0.496 e. The van der Waals surface area contributed by atoms with Crippen LogP contribution < -0.4 is 4.74 Å². The SMILES string of the molecule is COc1ccc(C(C)C)cc1CC(C#N)c1cccc(Cl)c1. The highest BCUT2D eigenvalue weighted by Gasteiger charge is 2.16. The van der Waals surface area contributed by atoms with Crippen LogP contribution in [0.5, 0.6) is 5.75 Å². The number of methoxy groups -OCH3 is 1. The third kappa shape index (κ3) is 3.81. The Bertz CT molecular complexity index is 688. The molecule has 0 spiro atoms. The molecule has 2 rings (SSSR count). The summed E-state index contributed by atoms with van der Waals surface area (Å²) >= 11 is 6.04. The first-order valence-electron chi connectivity index (χ1n) is 7.37. The summed E-state index contributed by atoms with van der Waals surface area (Å²) in [5.41, 5.74) is 3.24. The molecule has 0 aliphatic rings. The van der Waals surface area contributed by atoms with E-state index >= 15 is 0 Å². The predicted molar refractivity (Wildman–Crippen MR) is 90.6 cm³/mol. The zero-order valence-corrected chi connectivity index (χ0v) is 13.9. The lowest BCUT2D eigenvalue weighted by Gasteiger charge is -2.15. The standard InChI is InChI=1S/C19H20ClNO/c1-13(2)14-7-8-19(22-3)16(9-14)10-17(12-21)15-5-4-6-18(20)11-15/h4-9,11,13,17H,10H2,1-3H3. The van der Waals surface area contributed by atoms with E-state index in [1.54, 1.807) is 7.11 Å². The van der Waals surface area contributed by atoms with Crippen molar-refractivity contribution in [2.75, 3.05) is 7.11 Å². The predicted octanol–water partition coefficient (Wildman–Crippen LogP) is 5.32. The highest BCUT2D eigenvalue weighted by Crippen LogP contribution is 2.30. The number of nitriles is 1. The molecule has 0 N–H and O–H groups in total. The van der Waals surface area contributed by atoms with Gasteiger partial charge in [-0.25, -0.2) is 0 Å². The number of nitrogens with zero attached hydrogens (tertiary/aromatic N) is 1. The second-order valence-electron chi connectivity index (χ2n) is 5.67. The Hall–Kier alpha value is -1.98. The van der Waals surface area contributed by atoms with E-state index in [1.165, 1.54) is 5.56 Å². The van der Waals surface area contributed by atoms with E-state index in [2.05, 4.69) is 32.0 Å². The number of rotatable bonds is 5. The Balaban J connectivity index is 2.35. The summed E-state index contributed by atoms with van der Waals surface area (Å²) < 4.78 is 5.45. The van der Waals surface area contributed by atoms with Crippen molar-refractivity contribution in [3.8, 4) is 11.8 Å². The normalized spacial score (nSPS) is 12.0. The first-order valence-corrected chi connectivity index (χ1v) is 7.74. The fourth-order valence-electron chi connectivity index (χ4n) is 2.50. The Morgan fingerprint density at radius 3 is 2.50 bits per heavy atom. The van der Waals surface area contributed by atoms with Crippen molar-refractivity contribution < 1.29 is 4.74 Å². The Morgan fingerprint density at radius 1 is 1.14 bits per heavy atom. The molecule has 2 aromatic carbocycles. The van der Waals surface area contributed by atoms with Crippen LogP contribution in [0.3, 0.4) is 0 Å². The second kappa shape index (κ2) is 7.33. The molecule has 0 aliphatic carbocycles. The average molecular weight is 314 g/mol. The van der Waals surface area contributed by atoms with Crippen LogP contribution in [-0.2, 0) is 6.42 Å². The van der Waals surface area contributed by atoms with Crippen LogP contribution >= 0.6 is 11.6 Å². The molecule has 22 heavy (non-hydrogen) atoms. The van der Waals surface area contributed by atoms with Crippen molar-refractivity contribution >= 4 is 11.6 Å². The zero-order chi connectivity index (χ0) is 16.1. The minimum atomic E-state index is -0.241. The lowest BCUT2D eigenvalue weighted by Crippen LogP contribution is -2.03. The van der Waals surface area contributed by atoms with Crippen LogP contribution in [0.15, 0.2) is 42.5 Å². The van der Waals surface area contributed by atoms with Gasteiger partial charge in [-0.1, -0.05) is 49.7 Å². The minimum Gasteiger partial charge on any atom is -0.496 e. The van der Waals surface area contributed by atoms with E-state index in [1.807, 2.05) is 30.3 Å². The van der Waals surface area contributed by atoms with Gasteiger partial charge >= 0.3 is 0 Å². The van der Waals surface area contributed by atoms with E-state index in [4.69, 9.17) is 16.3 Å². The molecule has 1 atom stereocenters.